The first-order valence-corrected chi connectivity index (χ1v) is 7.91. The molecule has 0 spiro atoms. The van der Waals surface area contributed by atoms with E-state index in [0.717, 1.165) is 6.07 Å². The maximum Gasteiger partial charge on any atom is 0.259 e. The Bertz CT molecular complexity index is 770. The molecular weight excluding hydrogens is 327 g/mol. The van der Waals surface area contributed by atoms with Crippen LogP contribution in [0.5, 0.6) is 0 Å². The predicted molar refractivity (Wildman–Crippen MR) is 91.9 cm³/mol. The number of aliphatic hydroxyl groups is 1. The molecule has 0 saturated carbocycles. The van der Waals surface area contributed by atoms with Crippen LogP contribution < -0.4 is 10.6 Å². The Balaban J connectivity index is 2.08. The fraction of sp³-hybridized carbons (Fsp3) is 0.333. The summed E-state index contributed by atoms with van der Waals surface area (Å²) in [6.07, 6.45) is 0.547. The van der Waals surface area contributed by atoms with E-state index in [1.165, 1.54) is 24.5 Å². The van der Waals surface area contributed by atoms with Gasteiger partial charge in [0.15, 0.2) is 0 Å². The molecule has 0 bridgehead atoms. The van der Waals surface area contributed by atoms with Gasteiger partial charge in [0.05, 0.1) is 30.0 Å². The highest BCUT2D eigenvalue weighted by Gasteiger charge is 2.16. The molecule has 0 saturated heterocycles. The lowest BCUT2D eigenvalue weighted by Crippen LogP contribution is -2.23. The molecule has 134 valence electrons. The number of aryl methyl sites for hydroxylation is 1. The van der Waals surface area contributed by atoms with E-state index in [9.17, 15) is 19.1 Å². The zero-order valence-electron chi connectivity index (χ0n) is 14.3. The molecule has 1 aromatic heterocycles. The number of carbonyl (C=O) groups excluding carboxylic acids is 2. The van der Waals surface area contributed by atoms with Crippen molar-refractivity contribution in [2.75, 3.05) is 10.6 Å². The Morgan fingerprint density at radius 3 is 2.56 bits per heavy atom. The number of halogens is 1. The van der Waals surface area contributed by atoms with Crippen LogP contribution in [0.1, 0.15) is 36.4 Å². The molecular formula is C18H21FN2O4. The molecule has 2 amide bonds. The molecule has 1 unspecified atom stereocenters. The van der Waals surface area contributed by atoms with Gasteiger partial charge in [-0.1, -0.05) is 13.8 Å². The molecule has 0 radical (unpaired) electrons. The van der Waals surface area contributed by atoms with E-state index >= 15 is 0 Å². The summed E-state index contributed by atoms with van der Waals surface area (Å²) in [6.45, 7) is 5.24. The van der Waals surface area contributed by atoms with E-state index in [2.05, 4.69) is 10.6 Å². The molecule has 0 aliphatic heterocycles. The average molecular weight is 348 g/mol. The van der Waals surface area contributed by atoms with E-state index in [1.807, 2.05) is 0 Å². The third-order valence-corrected chi connectivity index (χ3v) is 3.77. The van der Waals surface area contributed by atoms with Gasteiger partial charge in [0.2, 0.25) is 5.91 Å². The molecule has 2 rings (SSSR count). The molecule has 3 N–H and O–H groups in total. The second kappa shape index (κ2) is 7.94. The van der Waals surface area contributed by atoms with Crippen LogP contribution in [-0.2, 0) is 4.79 Å². The van der Waals surface area contributed by atoms with Crippen LogP contribution in [0.3, 0.4) is 0 Å². The van der Waals surface area contributed by atoms with E-state index in [1.54, 1.807) is 20.8 Å². The Kier molecular flexibility index (Phi) is 5.93. The summed E-state index contributed by atoms with van der Waals surface area (Å²) in [6, 6.07) is 5.34. The van der Waals surface area contributed by atoms with Gasteiger partial charge in [0.1, 0.15) is 11.6 Å². The van der Waals surface area contributed by atoms with E-state index in [-0.39, 0.29) is 18.0 Å². The van der Waals surface area contributed by atoms with Crippen LogP contribution in [0.4, 0.5) is 15.8 Å². The fourth-order valence-electron chi connectivity index (χ4n) is 2.15. The second-order valence-corrected chi connectivity index (χ2v) is 6.10. The van der Waals surface area contributed by atoms with Crippen LogP contribution in [0.15, 0.2) is 34.9 Å². The predicted octanol–water partition coefficient (Wildman–Crippen LogP) is 3.32. The van der Waals surface area contributed by atoms with Gasteiger partial charge in [-0.3, -0.25) is 9.59 Å². The van der Waals surface area contributed by atoms with Crippen LogP contribution in [0, 0.1) is 18.7 Å². The molecule has 6 nitrogen and oxygen atoms in total. The van der Waals surface area contributed by atoms with Crippen molar-refractivity contribution < 1.29 is 23.5 Å². The van der Waals surface area contributed by atoms with Gasteiger partial charge < -0.3 is 20.2 Å². The molecule has 1 aromatic carbocycles. The zero-order valence-corrected chi connectivity index (χ0v) is 14.3. The minimum absolute atomic E-state index is 0.0491. The maximum atomic E-state index is 13.9. The van der Waals surface area contributed by atoms with Crippen LogP contribution in [0.25, 0.3) is 0 Å². The summed E-state index contributed by atoms with van der Waals surface area (Å²) in [7, 11) is 0. The summed E-state index contributed by atoms with van der Waals surface area (Å²) in [5.41, 5.74) is 0.559. The quantitative estimate of drug-likeness (QED) is 0.747. The van der Waals surface area contributed by atoms with Crippen molar-refractivity contribution in [1.29, 1.82) is 0 Å². The molecule has 7 heteroatoms. The van der Waals surface area contributed by atoms with Gasteiger partial charge in [-0.25, -0.2) is 4.39 Å². The summed E-state index contributed by atoms with van der Waals surface area (Å²) in [4.78, 5) is 24.1. The molecule has 0 fully saturated rings. The lowest BCUT2D eigenvalue weighted by atomic mass is 10.0. The summed E-state index contributed by atoms with van der Waals surface area (Å²) in [5, 5.41) is 14.8. The highest BCUT2D eigenvalue weighted by atomic mass is 19.1. The minimum Gasteiger partial charge on any atom is -0.469 e. The molecule has 1 atom stereocenters. The number of amides is 2. The third kappa shape index (κ3) is 4.90. The number of rotatable bonds is 6. The number of hydrogen-bond donors (Lipinski definition) is 3. The Morgan fingerprint density at radius 2 is 1.96 bits per heavy atom. The van der Waals surface area contributed by atoms with Crippen molar-refractivity contribution in [2.24, 2.45) is 5.92 Å². The van der Waals surface area contributed by atoms with Crippen molar-refractivity contribution in [2.45, 2.75) is 33.3 Å². The monoisotopic (exact) mass is 348 g/mol. The van der Waals surface area contributed by atoms with Gasteiger partial charge in [-0.2, -0.15) is 0 Å². The largest absolute Gasteiger partial charge is 0.469 e. The average Bonchev–Trinajstić information content (AvgIpc) is 2.96. The number of nitrogens with one attached hydrogen (secondary N) is 2. The topological polar surface area (TPSA) is 91.6 Å². The highest BCUT2D eigenvalue weighted by molar-refractivity contribution is 6.05. The molecule has 0 aliphatic carbocycles. The number of carbonyl (C=O) groups is 2. The van der Waals surface area contributed by atoms with Gasteiger partial charge in [-0.15, -0.1) is 0 Å². The van der Waals surface area contributed by atoms with Gasteiger partial charge in [0.25, 0.3) is 5.91 Å². The van der Waals surface area contributed by atoms with Crippen molar-refractivity contribution in [3.05, 3.63) is 47.7 Å². The molecule has 1 heterocycles. The normalized spacial score (nSPS) is 12.1. The third-order valence-electron chi connectivity index (χ3n) is 3.77. The van der Waals surface area contributed by atoms with Gasteiger partial charge >= 0.3 is 0 Å². The van der Waals surface area contributed by atoms with Crippen molar-refractivity contribution >= 4 is 23.2 Å². The number of aliphatic hydroxyl groups excluding tert-OH is 1. The van der Waals surface area contributed by atoms with Gasteiger partial charge in [-0.05, 0) is 37.1 Å². The lowest BCUT2D eigenvalue weighted by molar-refractivity contribution is -0.118. The summed E-state index contributed by atoms with van der Waals surface area (Å²) >= 11 is 0. The zero-order chi connectivity index (χ0) is 18.6. The summed E-state index contributed by atoms with van der Waals surface area (Å²) in [5.74, 6) is -1.16. The first kappa shape index (κ1) is 18.7. The van der Waals surface area contributed by atoms with Crippen molar-refractivity contribution in [3.63, 3.8) is 0 Å². The van der Waals surface area contributed by atoms with Crippen LogP contribution in [0.2, 0.25) is 0 Å². The van der Waals surface area contributed by atoms with E-state index in [4.69, 9.17) is 4.42 Å². The summed E-state index contributed by atoms with van der Waals surface area (Å²) < 4.78 is 19.0. The number of furan rings is 1. The minimum atomic E-state index is -0.760. The second-order valence-electron chi connectivity index (χ2n) is 6.10. The van der Waals surface area contributed by atoms with Crippen LogP contribution >= 0.6 is 0 Å². The molecule has 2 aromatic rings. The van der Waals surface area contributed by atoms with E-state index in [0.29, 0.717) is 17.0 Å². The standard InChI is InChI=1S/C18H21FN2O4/c1-10(2)16(22)9-17(23)20-12-4-5-14(19)15(8-12)21-18(24)13-6-7-25-11(13)3/h4-8,10,16,22H,9H2,1-3H3,(H,20,23)(H,21,24). The first-order chi connectivity index (χ1) is 11.8. The smallest absolute Gasteiger partial charge is 0.259 e. The van der Waals surface area contributed by atoms with Crippen LogP contribution in [-0.4, -0.2) is 23.0 Å². The van der Waals surface area contributed by atoms with E-state index < -0.39 is 23.7 Å². The molecule has 0 aliphatic rings. The SMILES string of the molecule is Cc1occc1C(=O)Nc1cc(NC(=O)CC(O)C(C)C)ccc1F. The first-order valence-electron chi connectivity index (χ1n) is 7.91. The van der Waals surface area contributed by atoms with Crippen molar-refractivity contribution in [1.82, 2.24) is 0 Å². The number of hydrogen-bond acceptors (Lipinski definition) is 4. The Labute approximate surface area is 145 Å². The van der Waals surface area contributed by atoms with Crippen molar-refractivity contribution in [3.8, 4) is 0 Å². The lowest BCUT2D eigenvalue weighted by Gasteiger charge is -2.14. The van der Waals surface area contributed by atoms with Gasteiger partial charge in [0, 0.05) is 5.69 Å². The Morgan fingerprint density at radius 1 is 1.24 bits per heavy atom. The highest BCUT2D eigenvalue weighted by Crippen LogP contribution is 2.22. The fourth-order valence-corrected chi connectivity index (χ4v) is 2.15. The Hall–Kier alpha value is -2.67. The number of benzene rings is 1. The maximum absolute atomic E-state index is 13.9. The molecule has 25 heavy (non-hydrogen) atoms. The number of anilines is 2.